The zero-order valence-corrected chi connectivity index (χ0v) is 15.8. The lowest BCUT2D eigenvalue weighted by molar-refractivity contribution is -0.145. The van der Waals surface area contributed by atoms with Crippen LogP contribution in [0, 0.1) is 5.82 Å². The van der Waals surface area contributed by atoms with Gasteiger partial charge in [0.05, 0.1) is 17.1 Å². The van der Waals surface area contributed by atoms with Gasteiger partial charge in [-0.3, -0.25) is 9.59 Å². The van der Waals surface area contributed by atoms with Gasteiger partial charge in [0.15, 0.2) is 15.9 Å². The van der Waals surface area contributed by atoms with Crippen LogP contribution in [0.3, 0.4) is 0 Å². The number of para-hydroxylation sites is 1. The molecule has 1 heterocycles. The average molecular weight is 403 g/mol. The number of carbonyl (C=O) groups is 2. The van der Waals surface area contributed by atoms with Crippen LogP contribution in [0.1, 0.15) is 23.7 Å². The van der Waals surface area contributed by atoms with E-state index in [1.54, 1.807) is 18.3 Å². The van der Waals surface area contributed by atoms with Crippen LogP contribution in [0.2, 0.25) is 0 Å². The summed E-state index contributed by atoms with van der Waals surface area (Å²) in [6.07, 6.45) is 0.0851. The summed E-state index contributed by atoms with van der Waals surface area (Å²) in [5.74, 6) is -2.23. The summed E-state index contributed by atoms with van der Waals surface area (Å²) in [5.41, 5.74) is 1.18. The van der Waals surface area contributed by atoms with Crippen molar-refractivity contribution in [3.63, 3.8) is 0 Å². The van der Waals surface area contributed by atoms with Crippen LogP contribution in [-0.2, 0) is 19.4 Å². The molecule has 1 aromatic heterocycles. The standard InChI is InChI=1S/C20H18FNO5S/c1-13(20(24)17-12-22-18-5-3-2-4-16(17)18)27-19(23)10-11-28(25,26)15-8-6-14(21)7-9-15/h2-9,12-13,22H,10-11H2,1H3/t13-/m0/s1. The van der Waals surface area contributed by atoms with E-state index in [9.17, 15) is 22.4 Å². The predicted molar refractivity (Wildman–Crippen MR) is 101 cm³/mol. The number of H-pyrrole nitrogens is 1. The number of hydrogen-bond acceptors (Lipinski definition) is 5. The number of sulfone groups is 1. The lowest BCUT2D eigenvalue weighted by atomic mass is 10.1. The SMILES string of the molecule is C[C@H](OC(=O)CCS(=O)(=O)c1ccc(F)cc1)C(=O)c1c[nH]c2ccccc12. The summed E-state index contributed by atoms with van der Waals surface area (Å²) in [6, 6.07) is 11.6. The minimum Gasteiger partial charge on any atom is -0.454 e. The lowest BCUT2D eigenvalue weighted by Crippen LogP contribution is -2.25. The molecule has 0 radical (unpaired) electrons. The average Bonchev–Trinajstić information content (AvgIpc) is 3.10. The van der Waals surface area contributed by atoms with Crippen LogP contribution in [0.5, 0.6) is 0 Å². The summed E-state index contributed by atoms with van der Waals surface area (Å²) < 4.78 is 42.4. The molecule has 0 aliphatic heterocycles. The number of ketones is 1. The molecule has 0 saturated carbocycles. The van der Waals surface area contributed by atoms with Gasteiger partial charge in [0.25, 0.3) is 0 Å². The molecule has 0 unspecified atom stereocenters. The van der Waals surface area contributed by atoms with Gasteiger partial charge in [0.1, 0.15) is 5.82 Å². The van der Waals surface area contributed by atoms with Crippen molar-refractivity contribution >= 4 is 32.5 Å². The second-order valence-corrected chi connectivity index (χ2v) is 8.38. The number of Topliss-reactive ketones (excluding diaryl/α,β-unsaturated/α-hetero) is 1. The Morgan fingerprint density at radius 2 is 1.79 bits per heavy atom. The lowest BCUT2D eigenvalue weighted by Gasteiger charge is -2.12. The molecule has 0 aliphatic rings. The maximum atomic E-state index is 12.9. The van der Waals surface area contributed by atoms with Gasteiger partial charge in [-0.05, 0) is 37.3 Å². The summed E-state index contributed by atoms with van der Waals surface area (Å²) in [5, 5.41) is 0.717. The number of esters is 1. The van der Waals surface area contributed by atoms with Crippen LogP contribution < -0.4 is 0 Å². The fourth-order valence-corrected chi connectivity index (χ4v) is 4.00. The highest BCUT2D eigenvalue weighted by atomic mass is 32.2. The molecule has 2 aromatic carbocycles. The Morgan fingerprint density at radius 1 is 1.11 bits per heavy atom. The first-order chi connectivity index (χ1) is 13.3. The molecule has 0 amide bonds. The van der Waals surface area contributed by atoms with Gasteiger partial charge < -0.3 is 9.72 Å². The zero-order valence-electron chi connectivity index (χ0n) is 15.0. The third-order valence-corrected chi connectivity index (χ3v) is 6.01. The molecule has 1 N–H and O–H groups in total. The van der Waals surface area contributed by atoms with Crippen molar-refractivity contribution in [2.45, 2.75) is 24.3 Å². The number of halogens is 1. The molecule has 0 fully saturated rings. The second kappa shape index (κ2) is 7.93. The highest BCUT2D eigenvalue weighted by molar-refractivity contribution is 7.91. The van der Waals surface area contributed by atoms with E-state index in [1.807, 2.05) is 12.1 Å². The number of ether oxygens (including phenoxy) is 1. The summed E-state index contributed by atoms with van der Waals surface area (Å²) >= 11 is 0. The first-order valence-corrected chi connectivity index (χ1v) is 10.2. The molecule has 0 aliphatic carbocycles. The predicted octanol–water partition coefficient (Wildman–Crippen LogP) is 3.29. The smallest absolute Gasteiger partial charge is 0.307 e. The number of aromatic nitrogens is 1. The first kappa shape index (κ1) is 19.8. The molecule has 3 rings (SSSR count). The fourth-order valence-electron chi connectivity index (χ4n) is 2.78. The van der Waals surface area contributed by atoms with E-state index in [-0.39, 0.29) is 10.7 Å². The Kier molecular flexibility index (Phi) is 5.60. The summed E-state index contributed by atoms with van der Waals surface area (Å²) in [6.45, 7) is 1.44. The Balaban J connectivity index is 1.61. The van der Waals surface area contributed by atoms with Gasteiger partial charge in [0, 0.05) is 22.7 Å². The van der Waals surface area contributed by atoms with Gasteiger partial charge >= 0.3 is 5.97 Å². The van der Waals surface area contributed by atoms with Gasteiger partial charge in [0.2, 0.25) is 5.78 Å². The molecular weight excluding hydrogens is 385 g/mol. The number of rotatable bonds is 7. The van der Waals surface area contributed by atoms with Crippen molar-refractivity contribution in [2.75, 3.05) is 5.75 Å². The van der Waals surface area contributed by atoms with Crippen molar-refractivity contribution in [3.8, 4) is 0 Å². The summed E-state index contributed by atoms with van der Waals surface area (Å²) in [7, 11) is -3.76. The number of nitrogens with one attached hydrogen (secondary N) is 1. The van der Waals surface area contributed by atoms with E-state index in [2.05, 4.69) is 4.98 Å². The first-order valence-electron chi connectivity index (χ1n) is 8.56. The molecular formula is C20H18FNO5S. The third-order valence-electron chi connectivity index (χ3n) is 4.28. The van der Waals surface area contributed by atoms with E-state index in [1.165, 1.54) is 6.92 Å². The van der Waals surface area contributed by atoms with Crippen molar-refractivity contribution in [3.05, 3.63) is 66.1 Å². The zero-order chi connectivity index (χ0) is 20.3. The normalized spacial score (nSPS) is 12.6. The number of fused-ring (bicyclic) bond motifs is 1. The molecule has 0 saturated heterocycles. The van der Waals surface area contributed by atoms with Crippen molar-refractivity contribution in [1.29, 1.82) is 0 Å². The van der Waals surface area contributed by atoms with Crippen molar-refractivity contribution in [1.82, 2.24) is 4.98 Å². The Morgan fingerprint density at radius 3 is 2.50 bits per heavy atom. The molecule has 146 valence electrons. The minimum atomic E-state index is -3.76. The quantitative estimate of drug-likeness (QED) is 0.371. The van der Waals surface area contributed by atoms with Gasteiger partial charge in [-0.1, -0.05) is 18.2 Å². The number of hydrogen-bond donors (Lipinski definition) is 1. The summed E-state index contributed by atoms with van der Waals surface area (Å²) in [4.78, 5) is 27.5. The van der Waals surface area contributed by atoms with E-state index in [0.29, 0.717) is 10.9 Å². The monoisotopic (exact) mass is 403 g/mol. The van der Waals surface area contributed by atoms with Crippen molar-refractivity contribution < 1.29 is 27.1 Å². The molecule has 0 bridgehead atoms. The molecule has 1 atom stereocenters. The number of benzene rings is 2. The molecule has 8 heteroatoms. The molecule has 6 nitrogen and oxygen atoms in total. The van der Waals surface area contributed by atoms with Crippen molar-refractivity contribution in [2.24, 2.45) is 0 Å². The van der Waals surface area contributed by atoms with E-state index >= 15 is 0 Å². The van der Waals surface area contributed by atoms with E-state index in [0.717, 1.165) is 29.8 Å². The maximum absolute atomic E-state index is 12.9. The highest BCUT2D eigenvalue weighted by Gasteiger charge is 2.23. The largest absolute Gasteiger partial charge is 0.454 e. The Labute approximate surface area is 161 Å². The Bertz CT molecular complexity index is 1120. The topological polar surface area (TPSA) is 93.3 Å². The number of aromatic amines is 1. The van der Waals surface area contributed by atoms with Crippen LogP contribution in [-0.4, -0.2) is 37.0 Å². The van der Waals surface area contributed by atoms with E-state index in [4.69, 9.17) is 4.74 Å². The molecule has 0 spiro atoms. The highest BCUT2D eigenvalue weighted by Crippen LogP contribution is 2.20. The molecule has 3 aromatic rings. The van der Waals surface area contributed by atoms with Crippen LogP contribution in [0.15, 0.2) is 59.6 Å². The minimum absolute atomic E-state index is 0.0791. The second-order valence-electron chi connectivity index (χ2n) is 6.27. The van der Waals surface area contributed by atoms with Crippen LogP contribution in [0.4, 0.5) is 4.39 Å². The maximum Gasteiger partial charge on any atom is 0.307 e. The van der Waals surface area contributed by atoms with Gasteiger partial charge in [-0.2, -0.15) is 0 Å². The third kappa shape index (κ3) is 4.28. The van der Waals surface area contributed by atoms with Gasteiger partial charge in [-0.25, -0.2) is 12.8 Å². The Hall–Kier alpha value is -3.00. The van der Waals surface area contributed by atoms with Crippen LogP contribution in [0.25, 0.3) is 10.9 Å². The van der Waals surface area contributed by atoms with Crippen LogP contribution >= 0.6 is 0 Å². The fraction of sp³-hybridized carbons (Fsp3) is 0.200. The molecule has 28 heavy (non-hydrogen) atoms. The van der Waals surface area contributed by atoms with Gasteiger partial charge in [-0.15, -0.1) is 0 Å². The van der Waals surface area contributed by atoms with E-state index < -0.39 is 39.9 Å². The number of carbonyl (C=O) groups excluding carboxylic acids is 2.